The Morgan fingerprint density at radius 3 is 2.62 bits per heavy atom. The number of nitrogen functional groups attached to an aromatic ring is 1. The maximum atomic E-state index is 12.6. The predicted octanol–water partition coefficient (Wildman–Crippen LogP) is 2.45. The minimum absolute atomic E-state index is 0.00387. The third-order valence-corrected chi connectivity index (χ3v) is 3.12. The number of nitrogens with zero attached hydrogens (tertiary/aromatic N) is 3. The van der Waals surface area contributed by atoms with Crippen LogP contribution in [0.4, 0.5) is 19.0 Å². The first-order valence-corrected chi connectivity index (χ1v) is 6.38. The van der Waals surface area contributed by atoms with Gasteiger partial charge in [0.05, 0.1) is 16.8 Å². The van der Waals surface area contributed by atoms with Crippen molar-refractivity contribution in [2.24, 2.45) is 0 Å². The number of aromatic nitrogens is 3. The molecule has 0 atom stereocenters. The molecule has 2 aromatic rings. The normalized spacial score (nSPS) is 11.9. The molecule has 0 aliphatic carbocycles. The molecule has 0 saturated heterocycles. The van der Waals surface area contributed by atoms with E-state index in [0.717, 1.165) is 6.07 Å². The molecule has 21 heavy (non-hydrogen) atoms. The molecule has 0 fully saturated rings. The zero-order chi connectivity index (χ0) is 15.6. The van der Waals surface area contributed by atoms with E-state index in [2.05, 4.69) is 10.1 Å². The lowest BCUT2D eigenvalue weighted by molar-refractivity contribution is -0.137. The van der Waals surface area contributed by atoms with E-state index in [1.165, 1.54) is 10.9 Å². The summed E-state index contributed by atoms with van der Waals surface area (Å²) in [6.07, 6.45) is -1.36. The van der Waals surface area contributed by atoms with E-state index in [9.17, 15) is 13.2 Å². The molecule has 114 valence electrons. The Hall–Kier alpha value is -1.80. The van der Waals surface area contributed by atoms with Gasteiger partial charge in [-0.05, 0) is 18.9 Å². The van der Waals surface area contributed by atoms with Crippen LogP contribution in [-0.4, -0.2) is 26.5 Å². The molecule has 0 aromatic carbocycles. The molecule has 0 aliphatic heterocycles. The number of pyridine rings is 1. The highest BCUT2D eigenvalue weighted by atomic mass is 35.5. The van der Waals surface area contributed by atoms with Crippen molar-refractivity contribution in [2.45, 2.75) is 19.0 Å². The highest BCUT2D eigenvalue weighted by Crippen LogP contribution is 2.32. The van der Waals surface area contributed by atoms with Gasteiger partial charge in [-0.25, -0.2) is 4.98 Å². The van der Waals surface area contributed by atoms with Crippen LogP contribution in [0.3, 0.4) is 0 Å². The molecule has 0 bridgehead atoms. The highest BCUT2D eigenvalue weighted by Gasteiger charge is 2.32. The molecule has 2 aromatic heterocycles. The summed E-state index contributed by atoms with van der Waals surface area (Å²) in [6.45, 7) is 0.00387. The monoisotopic (exact) mass is 320 g/mol. The molecule has 2 rings (SSSR count). The minimum atomic E-state index is -4.52. The second-order valence-corrected chi connectivity index (χ2v) is 4.73. The largest absolute Gasteiger partial charge is 0.417 e. The summed E-state index contributed by atoms with van der Waals surface area (Å²) < 4.78 is 38.8. The maximum absolute atomic E-state index is 12.6. The SMILES string of the molecule is Nc1c(CCCO)cnn1-c1ncc(C(F)(F)F)cc1Cl. The molecule has 0 spiro atoms. The summed E-state index contributed by atoms with van der Waals surface area (Å²) in [5.41, 5.74) is 5.59. The van der Waals surface area contributed by atoms with Crippen molar-refractivity contribution in [3.05, 3.63) is 34.6 Å². The zero-order valence-electron chi connectivity index (χ0n) is 10.7. The van der Waals surface area contributed by atoms with E-state index < -0.39 is 11.7 Å². The van der Waals surface area contributed by atoms with Crippen molar-refractivity contribution in [3.63, 3.8) is 0 Å². The summed E-state index contributed by atoms with van der Waals surface area (Å²) in [6, 6.07) is 0.776. The number of hydrogen-bond donors (Lipinski definition) is 2. The lowest BCUT2D eigenvalue weighted by Crippen LogP contribution is -2.10. The summed E-state index contributed by atoms with van der Waals surface area (Å²) in [5.74, 6) is 0.259. The van der Waals surface area contributed by atoms with Crippen molar-refractivity contribution in [3.8, 4) is 5.82 Å². The molecule has 3 N–H and O–H groups in total. The number of aryl methyl sites for hydroxylation is 1. The van der Waals surface area contributed by atoms with Crippen LogP contribution in [0.1, 0.15) is 17.5 Å². The van der Waals surface area contributed by atoms with Gasteiger partial charge in [0.1, 0.15) is 5.82 Å². The van der Waals surface area contributed by atoms with Crippen LogP contribution < -0.4 is 5.73 Å². The second kappa shape index (κ2) is 5.90. The molecule has 0 radical (unpaired) electrons. The van der Waals surface area contributed by atoms with E-state index in [0.29, 0.717) is 24.6 Å². The number of alkyl halides is 3. The average molecular weight is 321 g/mol. The Morgan fingerprint density at radius 1 is 1.33 bits per heavy atom. The Balaban J connectivity index is 2.37. The quantitative estimate of drug-likeness (QED) is 0.907. The van der Waals surface area contributed by atoms with Crippen molar-refractivity contribution >= 4 is 17.4 Å². The van der Waals surface area contributed by atoms with E-state index in [4.69, 9.17) is 22.4 Å². The average Bonchev–Trinajstić information content (AvgIpc) is 2.76. The second-order valence-electron chi connectivity index (χ2n) is 4.32. The van der Waals surface area contributed by atoms with Crippen LogP contribution in [0.25, 0.3) is 5.82 Å². The molecular formula is C12H12ClF3N4O. The molecule has 5 nitrogen and oxygen atoms in total. The van der Waals surface area contributed by atoms with Crippen LogP contribution in [0.2, 0.25) is 5.02 Å². The Bertz CT molecular complexity index is 642. The third-order valence-electron chi connectivity index (χ3n) is 2.84. The van der Waals surface area contributed by atoms with Gasteiger partial charge in [-0.15, -0.1) is 0 Å². The summed E-state index contributed by atoms with van der Waals surface area (Å²) >= 11 is 5.84. The Labute approximate surface area is 123 Å². The Kier molecular flexibility index (Phi) is 4.38. The van der Waals surface area contributed by atoms with Gasteiger partial charge < -0.3 is 10.8 Å². The van der Waals surface area contributed by atoms with Gasteiger partial charge in [-0.1, -0.05) is 11.6 Å². The lowest BCUT2D eigenvalue weighted by atomic mass is 10.2. The van der Waals surface area contributed by atoms with Crippen LogP contribution in [0.15, 0.2) is 18.5 Å². The molecule has 0 amide bonds. The minimum Gasteiger partial charge on any atom is -0.396 e. The predicted molar refractivity (Wildman–Crippen MR) is 71.2 cm³/mol. The summed E-state index contributed by atoms with van der Waals surface area (Å²) in [4.78, 5) is 3.69. The van der Waals surface area contributed by atoms with Gasteiger partial charge >= 0.3 is 6.18 Å². The molecule has 9 heteroatoms. The van der Waals surface area contributed by atoms with E-state index >= 15 is 0 Å². The van der Waals surface area contributed by atoms with Gasteiger partial charge in [-0.2, -0.15) is 23.0 Å². The van der Waals surface area contributed by atoms with Gasteiger partial charge in [0.25, 0.3) is 0 Å². The standard InChI is InChI=1S/C12H12ClF3N4O/c13-9-4-8(12(14,15)16)6-18-11(9)20-10(17)7(5-19-20)2-1-3-21/h4-6,21H,1-3,17H2. The van der Waals surface area contributed by atoms with E-state index in [-0.39, 0.29) is 23.3 Å². The zero-order valence-corrected chi connectivity index (χ0v) is 11.5. The molecule has 2 heterocycles. The summed E-state index contributed by atoms with van der Waals surface area (Å²) in [7, 11) is 0. The number of halogens is 4. The molecule has 0 aliphatic rings. The molecule has 0 unspecified atom stereocenters. The topological polar surface area (TPSA) is 77.0 Å². The fraction of sp³-hybridized carbons (Fsp3) is 0.333. The van der Waals surface area contributed by atoms with Crippen molar-refractivity contribution < 1.29 is 18.3 Å². The van der Waals surface area contributed by atoms with Crippen molar-refractivity contribution in [1.82, 2.24) is 14.8 Å². The van der Waals surface area contributed by atoms with Gasteiger partial charge in [0.2, 0.25) is 0 Å². The fourth-order valence-electron chi connectivity index (χ4n) is 1.76. The smallest absolute Gasteiger partial charge is 0.396 e. The van der Waals surface area contributed by atoms with Crippen molar-refractivity contribution in [2.75, 3.05) is 12.3 Å². The fourth-order valence-corrected chi connectivity index (χ4v) is 2.01. The molecular weight excluding hydrogens is 309 g/mol. The molecule has 0 saturated carbocycles. The van der Waals surface area contributed by atoms with E-state index in [1.807, 2.05) is 0 Å². The summed E-state index contributed by atoms with van der Waals surface area (Å²) in [5, 5.41) is 12.6. The van der Waals surface area contributed by atoms with Crippen LogP contribution in [0.5, 0.6) is 0 Å². The van der Waals surface area contributed by atoms with Crippen LogP contribution in [-0.2, 0) is 12.6 Å². The van der Waals surface area contributed by atoms with Crippen LogP contribution >= 0.6 is 11.6 Å². The number of hydrogen-bond acceptors (Lipinski definition) is 4. The number of aliphatic hydroxyl groups excluding tert-OH is 1. The van der Waals surface area contributed by atoms with Gasteiger partial charge in [-0.3, -0.25) is 0 Å². The first kappa shape index (κ1) is 15.6. The first-order valence-electron chi connectivity index (χ1n) is 6.01. The Morgan fingerprint density at radius 2 is 2.05 bits per heavy atom. The number of anilines is 1. The number of aliphatic hydroxyl groups is 1. The van der Waals surface area contributed by atoms with Crippen molar-refractivity contribution in [1.29, 1.82) is 0 Å². The van der Waals surface area contributed by atoms with Crippen LogP contribution in [0, 0.1) is 0 Å². The van der Waals surface area contributed by atoms with Gasteiger partial charge in [0, 0.05) is 18.4 Å². The highest BCUT2D eigenvalue weighted by molar-refractivity contribution is 6.32. The third kappa shape index (κ3) is 3.27. The first-order chi connectivity index (χ1) is 9.84. The number of rotatable bonds is 4. The maximum Gasteiger partial charge on any atom is 0.417 e. The van der Waals surface area contributed by atoms with Gasteiger partial charge in [0.15, 0.2) is 5.82 Å². The van der Waals surface area contributed by atoms with E-state index in [1.54, 1.807) is 0 Å². The number of nitrogens with two attached hydrogens (primary N) is 1. The lowest BCUT2D eigenvalue weighted by Gasteiger charge is -2.10.